The van der Waals surface area contributed by atoms with Crippen LogP contribution in [0.25, 0.3) is 0 Å². The van der Waals surface area contributed by atoms with E-state index >= 15 is 0 Å². The first-order valence-corrected chi connectivity index (χ1v) is 3.70. The Kier molecular flexibility index (Phi) is 7.85. The van der Waals surface area contributed by atoms with Gasteiger partial charge in [0.15, 0.2) is 0 Å². The molecule has 0 aromatic rings. The Morgan fingerprint density at radius 1 is 1.22 bits per heavy atom. The standard InChI is InChI=1S/C7H16NO/c1-3-5-6-7-9-8-4-2/h3-7H2,1-2H3. The molecule has 0 aromatic heterocycles. The quantitative estimate of drug-likeness (QED) is 0.396. The molecule has 0 unspecified atom stereocenters. The van der Waals surface area contributed by atoms with Crippen LogP contribution in [0.2, 0.25) is 0 Å². The Balaban J connectivity index is 2.60. The highest BCUT2D eigenvalue weighted by atomic mass is 16.6. The lowest BCUT2D eigenvalue weighted by molar-refractivity contribution is 0.0340. The molecule has 55 valence electrons. The number of hydroxylamine groups is 1. The van der Waals surface area contributed by atoms with Gasteiger partial charge in [-0.3, -0.25) is 4.84 Å². The summed E-state index contributed by atoms with van der Waals surface area (Å²) in [5.74, 6) is 0. The van der Waals surface area contributed by atoms with Crippen LogP contribution in [0, 0.1) is 0 Å². The Bertz CT molecular complexity index is 42.2. The second-order valence-electron chi connectivity index (χ2n) is 1.99. The third-order valence-corrected chi connectivity index (χ3v) is 1.06. The van der Waals surface area contributed by atoms with Gasteiger partial charge < -0.3 is 0 Å². The van der Waals surface area contributed by atoms with Gasteiger partial charge in [-0.2, -0.15) is 0 Å². The molecule has 2 heteroatoms. The summed E-state index contributed by atoms with van der Waals surface area (Å²) in [6.45, 7) is 5.71. The predicted octanol–water partition coefficient (Wildman–Crippen LogP) is 1.73. The highest BCUT2D eigenvalue weighted by Crippen LogP contribution is 1.92. The topological polar surface area (TPSA) is 23.3 Å². The largest absolute Gasteiger partial charge is 0.282 e. The van der Waals surface area contributed by atoms with Crippen LogP contribution >= 0.6 is 0 Å². The zero-order valence-corrected chi connectivity index (χ0v) is 6.39. The smallest absolute Gasteiger partial charge is 0.0702 e. The van der Waals surface area contributed by atoms with Crippen molar-refractivity contribution in [2.24, 2.45) is 0 Å². The minimum Gasteiger partial charge on any atom is -0.282 e. The number of nitrogens with zero attached hydrogens (tertiary/aromatic N) is 1. The maximum absolute atomic E-state index is 4.91. The Morgan fingerprint density at radius 3 is 2.56 bits per heavy atom. The Labute approximate surface area is 57.5 Å². The van der Waals surface area contributed by atoms with Crippen molar-refractivity contribution in [3.8, 4) is 0 Å². The molecule has 0 atom stereocenters. The van der Waals surface area contributed by atoms with E-state index in [-0.39, 0.29) is 0 Å². The third-order valence-electron chi connectivity index (χ3n) is 1.06. The third kappa shape index (κ3) is 7.92. The van der Waals surface area contributed by atoms with Crippen LogP contribution in [-0.4, -0.2) is 13.2 Å². The van der Waals surface area contributed by atoms with Crippen molar-refractivity contribution in [2.75, 3.05) is 13.2 Å². The summed E-state index contributed by atoms with van der Waals surface area (Å²) in [5, 5.41) is 0. The highest BCUT2D eigenvalue weighted by molar-refractivity contribution is 4.33. The van der Waals surface area contributed by atoms with Gasteiger partial charge in [0.25, 0.3) is 0 Å². The van der Waals surface area contributed by atoms with Crippen LogP contribution in [0.3, 0.4) is 0 Å². The van der Waals surface area contributed by atoms with Crippen molar-refractivity contribution in [1.29, 1.82) is 0 Å². The average molecular weight is 130 g/mol. The van der Waals surface area contributed by atoms with E-state index in [4.69, 9.17) is 4.84 Å². The fraction of sp³-hybridized carbons (Fsp3) is 1.00. The van der Waals surface area contributed by atoms with E-state index in [9.17, 15) is 0 Å². The minimum atomic E-state index is 0.770. The van der Waals surface area contributed by atoms with Gasteiger partial charge in [0.05, 0.1) is 6.61 Å². The molecule has 0 amide bonds. The fourth-order valence-electron chi connectivity index (χ4n) is 0.572. The molecule has 0 saturated heterocycles. The first kappa shape index (κ1) is 8.92. The van der Waals surface area contributed by atoms with E-state index < -0.39 is 0 Å². The van der Waals surface area contributed by atoms with Gasteiger partial charge >= 0.3 is 0 Å². The van der Waals surface area contributed by atoms with Crippen molar-refractivity contribution in [1.82, 2.24) is 5.48 Å². The second kappa shape index (κ2) is 7.92. The molecular weight excluding hydrogens is 114 g/mol. The van der Waals surface area contributed by atoms with Gasteiger partial charge in [0.1, 0.15) is 0 Å². The molecule has 1 radical (unpaired) electrons. The summed E-state index contributed by atoms with van der Waals surface area (Å²) in [5.41, 5.74) is 3.74. The molecule has 0 heterocycles. The Morgan fingerprint density at radius 2 is 2.00 bits per heavy atom. The lowest BCUT2D eigenvalue weighted by Crippen LogP contribution is -2.05. The lowest BCUT2D eigenvalue weighted by atomic mass is 10.3. The summed E-state index contributed by atoms with van der Waals surface area (Å²) < 4.78 is 0. The molecule has 9 heavy (non-hydrogen) atoms. The normalized spacial score (nSPS) is 10.0. The number of hydrogen-bond donors (Lipinski definition) is 0. The molecule has 0 saturated carbocycles. The molecule has 0 aliphatic rings. The molecule has 0 aromatic carbocycles. The van der Waals surface area contributed by atoms with E-state index in [1.165, 1.54) is 12.8 Å². The van der Waals surface area contributed by atoms with E-state index in [0.717, 1.165) is 19.6 Å². The molecule has 0 fully saturated rings. The van der Waals surface area contributed by atoms with Crippen molar-refractivity contribution in [2.45, 2.75) is 33.1 Å². The van der Waals surface area contributed by atoms with Crippen LogP contribution in [0.1, 0.15) is 33.1 Å². The van der Waals surface area contributed by atoms with E-state index in [1.807, 2.05) is 6.92 Å². The summed E-state index contributed by atoms with van der Waals surface area (Å²) in [6, 6.07) is 0. The van der Waals surface area contributed by atoms with E-state index in [2.05, 4.69) is 12.4 Å². The van der Waals surface area contributed by atoms with Gasteiger partial charge in [0, 0.05) is 6.54 Å². The van der Waals surface area contributed by atoms with Gasteiger partial charge in [0.2, 0.25) is 0 Å². The SMILES string of the molecule is CCCCCO[N]CC. The molecule has 0 aliphatic carbocycles. The molecule has 0 spiro atoms. The first-order valence-electron chi connectivity index (χ1n) is 3.70. The van der Waals surface area contributed by atoms with Crippen molar-refractivity contribution >= 4 is 0 Å². The second-order valence-corrected chi connectivity index (χ2v) is 1.99. The average Bonchev–Trinajstić information content (AvgIpc) is 1.89. The van der Waals surface area contributed by atoms with Crippen molar-refractivity contribution < 1.29 is 4.84 Å². The molecule has 2 nitrogen and oxygen atoms in total. The van der Waals surface area contributed by atoms with Crippen LogP contribution in [0.5, 0.6) is 0 Å². The van der Waals surface area contributed by atoms with Gasteiger partial charge in [-0.25, -0.2) is 0 Å². The Hall–Kier alpha value is -0.0800. The maximum Gasteiger partial charge on any atom is 0.0702 e. The lowest BCUT2D eigenvalue weighted by Gasteiger charge is -1.97. The molecule has 0 N–H and O–H groups in total. The zero-order valence-electron chi connectivity index (χ0n) is 6.39. The predicted molar refractivity (Wildman–Crippen MR) is 38.2 cm³/mol. The fourth-order valence-corrected chi connectivity index (χ4v) is 0.572. The van der Waals surface area contributed by atoms with Crippen LogP contribution < -0.4 is 5.48 Å². The number of hydrogen-bond acceptors (Lipinski definition) is 1. The van der Waals surface area contributed by atoms with E-state index in [0.29, 0.717) is 0 Å². The zero-order chi connectivity index (χ0) is 6.95. The first-order chi connectivity index (χ1) is 4.41. The molecule has 0 rings (SSSR count). The van der Waals surface area contributed by atoms with Gasteiger partial charge in [-0.15, -0.1) is 0 Å². The number of rotatable bonds is 6. The monoisotopic (exact) mass is 130 g/mol. The highest BCUT2D eigenvalue weighted by Gasteiger charge is 1.85. The van der Waals surface area contributed by atoms with Crippen molar-refractivity contribution in [3.05, 3.63) is 0 Å². The summed E-state index contributed by atoms with van der Waals surface area (Å²) in [6.07, 6.45) is 3.63. The van der Waals surface area contributed by atoms with Crippen LogP contribution in [0.4, 0.5) is 0 Å². The van der Waals surface area contributed by atoms with Gasteiger partial charge in [-0.05, 0) is 13.3 Å². The van der Waals surface area contributed by atoms with Gasteiger partial charge in [-0.1, -0.05) is 25.2 Å². The summed E-state index contributed by atoms with van der Waals surface area (Å²) >= 11 is 0. The van der Waals surface area contributed by atoms with Crippen LogP contribution in [-0.2, 0) is 4.84 Å². The van der Waals surface area contributed by atoms with E-state index in [1.54, 1.807) is 0 Å². The molecular formula is C7H16NO. The number of unbranched alkanes of at least 4 members (excludes halogenated alkanes) is 2. The van der Waals surface area contributed by atoms with Crippen LogP contribution in [0.15, 0.2) is 0 Å². The van der Waals surface area contributed by atoms with Crippen molar-refractivity contribution in [3.63, 3.8) is 0 Å². The summed E-state index contributed by atoms with van der Waals surface area (Å²) in [4.78, 5) is 4.91. The minimum absolute atomic E-state index is 0.770. The molecule has 0 aliphatic heterocycles. The molecule has 0 bridgehead atoms. The maximum atomic E-state index is 4.91. The summed E-state index contributed by atoms with van der Waals surface area (Å²) in [7, 11) is 0.